The number of ether oxygens (including phenoxy) is 1. The zero-order valence-electron chi connectivity index (χ0n) is 8.04. The molecule has 80 valence electrons. The van der Waals surface area contributed by atoms with Crippen LogP contribution < -0.4 is 9.64 Å². The minimum atomic E-state index is 0.682. The highest BCUT2D eigenvalue weighted by atomic mass is 79.9. The minimum absolute atomic E-state index is 0.682. The SMILES string of the molecule is Brc1cc(Br)c2c(n1)N(C1CC1)CCO2. The van der Waals surface area contributed by atoms with Crippen LogP contribution in [0.1, 0.15) is 12.8 Å². The molecule has 0 N–H and O–H groups in total. The van der Waals surface area contributed by atoms with Crippen LogP contribution in [0.15, 0.2) is 15.1 Å². The van der Waals surface area contributed by atoms with E-state index in [9.17, 15) is 0 Å². The van der Waals surface area contributed by atoms with Crippen molar-refractivity contribution in [1.29, 1.82) is 0 Å². The van der Waals surface area contributed by atoms with Crippen LogP contribution in [0, 0.1) is 0 Å². The molecule has 1 saturated carbocycles. The summed E-state index contributed by atoms with van der Waals surface area (Å²) in [5.41, 5.74) is 0. The Morgan fingerprint density at radius 3 is 2.93 bits per heavy atom. The number of rotatable bonds is 1. The molecule has 2 heterocycles. The smallest absolute Gasteiger partial charge is 0.176 e. The molecule has 1 aromatic rings. The Kier molecular flexibility index (Phi) is 2.39. The van der Waals surface area contributed by atoms with E-state index in [1.807, 2.05) is 6.07 Å². The lowest BCUT2D eigenvalue weighted by atomic mass is 10.3. The molecule has 0 aromatic carbocycles. The third-order valence-electron chi connectivity index (χ3n) is 2.72. The Hall–Kier alpha value is -0.290. The van der Waals surface area contributed by atoms with E-state index < -0.39 is 0 Å². The third kappa shape index (κ3) is 1.76. The van der Waals surface area contributed by atoms with Gasteiger partial charge >= 0.3 is 0 Å². The molecule has 1 fully saturated rings. The van der Waals surface area contributed by atoms with Crippen LogP contribution in [-0.4, -0.2) is 24.2 Å². The van der Waals surface area contributed by atoms with Crippen molar-refractivity contribution >= 4 is 37.7 Å². The fourth-order valence-corrected chi connectivity index (χ4v) is 3.10. The summed E-state index contributed by atoms with van der Waals surface area (Å²) in [6, 6.07) is 2.61. The predicted octanol–water partition coefficient (Wildman–Crippen LogP) is 2.97. The van der Waals surface area contributed by atoms with E-state index in [1.54, 1.807) is 0 Å². The first kappa shape index (κ1) is 9.90. The molecule has 3 nitrogen and oxygen atoms in total. The maximum absolute atomic E-state index is 5.65. The molecule has 15 heavy (non-hydrogen) atoms. The highest BCUT2D eigenvalue weighted by Crippen LogP contribution is 2.42. The van der Waals surface area contributed by atoms with Crippen molar-refractivity contribution < 1.29 is 4.74 Å². The monoisotopic (exact) mass is 332 g/mol. The lowest BCUT2D eigenvalue weighted by molar-refractivity contribution is 0.302. The summed E-state index contributed by atoms with van der Waals surface area (Å²) in [5, 5.41) is 0. The average molecular weight is 334 g/mol. The molecule has 0 bridgehead atoms. The Morgan fingerprint density at radius 1 is 1.40 bits per heavy atom. The summed E-state index contributed by atoms with van der Waals surface area (Å²) in [5.74, 6) is 1.86. The van der Waals surface area contributed by atoms with E-state index in [1.165, 1.54) is 12.8 Å². The molecule has 0 amide bonds. The summed E-state index contributed by atoms with van der Waals surface area (Å²) < 4.78 is 7.47. The topological polar surface area (TPSA) is 25.4 Å². The van der Waals surface area contributed by atoms with Gasteiger partial charge in [-0.3, -0.25) is 0 Å². The number of fused-ring (bicyclic) bond motifs is 1. The highest BCUT2D eigenvalue weighted by Gasteiger charge is 2.34. The molecule has 5 heteroatoms. The van der Waals surface area contributed by atoms with Crippen molar-refractivity contribution in [2.45, 2.75) is 18.9 Å². The quantitative estimate of drug-likeness (QED) is 0.739. The zero-order valence-corrected chi connectivity index (χ0v) is 11.2. The second-order valence-corrected chi connectivity index (χ2v) is 5.52. The molecule has 0 radical (unpaired) electrons. The van der Waals surface area contributed by atoms with Gasteiger partial charge in [0.05, 0.1) is 11.0 Å². The van der Waals surface area contributed by atoms with E-state index in [0.29, 0.717) is 6.04 Å². The molecular weight excluding hydrogens is 324 g/mol. The van der Waals surface area contributed by atoms with Crippen LogP contribution in [0.5, 0.6) is 5.75 Å². The Morgan fingerprint density at radius 2 is 2.20 bits per heavy atom. The molecule has 0 spiro atoms. The van der Waals surface area contributed by atoms with Crippen molar-refractivity contribution in [2.75, 3.05) is 18.1 Å². The number of aromatic nitrogens is 1. The molecule has 1 aromatic heterocycles. The highest BCUT2D eigenvalue weighted by molar-refractivity contribution is 9.11. The molecule has 1 aliphatic heterocycles. The van der Waals surface area contributed by atoms with Crippen LogP contribution >= 0.6 is 31.9 Å². The fraction of sp³-hybridized carbons (Fsp3) is 0.500. The predicted molar refractivity (Wildman–Crippen MR) is 65.5 cm³/mol. The first-order chi connectivity index (χ1) is 7.25. The van der Waals surface area contributed by atoms with Gasteiger partial charge in [0.15, 0.2) is 11.6 Å². The van der Waals surface area contributed by atoms with Crippen LogP contribution in [0.3, 0.4) is 0 Å². The summed E-state index contributed by atoms with van der Waals surface area (Å²) in [4.78, 5) is 6.86. The Balaban J connectivity index is 2.08. The second kappa shape index (κ2) is 3.63. The molecule has 0 atom stereocenters. The van der Waals surface area contributed by atoms with Gasteiger partial charge in [0.2, 0.25) is 0 Å². The first-order valence-electron chi connectivity index (χ1n) is 5.01. The van der Waals surface area contributed by atoms with Gasteiger partial charge in [-0.05, 0) is 50.8 Å². The van der Waals surface area contributed by atoms with Gasteiger partial charge in [0, 0.05) is 6.04 Å². The van der Waals surface area contributed by atoms with E-state index in [4.69, 9.17) is 4.74 Å². The first-order valence-corrected chi connectivity index (χ1v) is 6.60. The Labute approximate surface area is 105 Å². The summed E-state index contributed by atoms with van der Waals surface area (Å²) >= 11 is 6.92. The van der Waals surface area contributed by atoms with Gasteiger partial charge < -0.3 is 9.64 Å². The molecule has 3 rings (SSSR count). The maximum Gasteiger partial charge on any atom is 0.176 e. The number of halogens is 2. The van der Waals surface area contributed by atoms with E-state index in [-0.39, 0.29) is 0 Å². The third-order valence-corrected chi connectivity index (χ3v) is 3.71. The standard InChI is InChI=1S/C10H10Br2N2O/c11-7-5-8(12)13-10-9(7)15-4-3-14(10)6-1-2-6/h5-6H,1-4H2. The number of pyridine rings is 1. The zero-order chi connectivity index (χ0) is 10.4. The fourth-order valence-electron chi connectivity index (χ4n) is 1.88. The van der Waals surface area contributed by atoms with Crippen LogP contribution in [0.25, 0.3) is 0 Å². The second-order valence-electron chi connectivity index (χ2n) is 3.85. The van der Waals surface area contributed by atoms with Gasteiger partial charge in [-0.2, -0.15) is 0 Å². The molecule has 0 saturated heterocycles. The van der Waals surface area contributed by atoms with Crippen molar-refractivity contribution in [3.8, 4) is 5.75 Å². The normalized spacial score (nSPS) is 19.7. The van der Waals surface area contributed by atoms with Crippen LogP contribution in [-0.2, 0) is 0 Å². The lowest BCUT2D eigenvalue weighted by Crippen LogP contribution is -2.35. The van der Waals surface area contributed by atoms with E-state index in [0.717, 1.165) is 33.8 Å². The Bertz CT molecular complexity index is 407. The van der Waals surface area contributed by atoms with Gasteiger partial charge in [-0.15, -0.1) is 0 Å². The molecular formula is C10H10Br2N2O. The molecule has 2 aliphatic rings. The lowest BCUT2D eigenvalue weighted by Gasteiger charge is -2.30. The van der Waals surface area contributed by atoms with Crippen molar-refractivity contribution in [3.63, 3.8) is 0 Å². The largest absolute Gasteiger partial charge is 0.487 e. The summed E-state index contributed by atoms with van der Waals surface area (Å²) in [6.07, 6.45) is 2.57. The minimum Gasteiger partial charge on any atom is -0.487 e. The number of nitrogens with zero attached hydrogens (tertiary/aromatic N) is 2. The number of anilines is 1. The summed E-state index contributed by atoms with van der Waals surface area (Å²) in [7, 11) is 0. The van der Waals surface area contributed by atoms with Crippen molar-refractivity contribution in [3.05, 3.63) is 15.1 Å². The van der Waals surface area contributed by atoms with Crippen molar-refractivity contribution in [1.82, 2.24) is 4.98 Å². The van der Waals surface area contributed by atoms with Crippen LogP contribution in [0.2, 0.25) is 0 Å². The van der Waals surface area contributed by atoms with Crippen molar-refractivity contribution in [2.24, 2.45) is 0 Å². The van der Waals surface area contributed by atoms with Gasteiger partial charge in [0.25, 0.3) is 0 Å². The van der Waals surface area contributed by atoms with Crippen LogP contribution in [0.4, 0.5) is 5.82 Å². The maximum atomic E-state index is 5.65. The van der Waals surface area contributed by atoms with Gasteiger partial charge in [0.1, 0.15) is 11.2 Å². The summed E-state index contributed by atoms with van der Waals surface area (Å²) in [6.45, 7) is 1.71. The molecule has 1 aliphatic carbocycles. The van der Waals surface area contributed by atoms with E-state index in [2.05, 4.69) is 41.7 Å². The average Bonchev–Trinajstić information content (AvgIpc) is 3.00. The van der Waals surface area contributed by atoms with E-state index >= 15 is 0 Å². The number of hydrogen-bond donors (Lipinski definition) is 0. The van der Waals surface area contributed by atoms with Gasteiger partial charge in [-0.25, -0.2) is 4.98 Å². The molecule has 0 unspecified atom stereocenters. The van der Waals surface area contributed by atoms with Gasteiger partial charge in [-0.1, -0.05) is 0 Å². The number of hydrogen-bond acceptors (Lipinski definition) is 3.